The van der Waals surface area contributed by atoms with Crippen molar-refractivity contribution in [2.45, 2.75) is 32.7 Å². The molecule has 1 aromatic rings. The number of hydrogen-bond acceptors (Lipinski definition) is 1. The quantitative estimate of drug-likeness (QED) is 0.835. The molecule has 0 spiro atoms. The van der Waals surface area contributed by atoms with E-state index in [-0.39, 0.29) is 6.04 Å². The maximum absolute atomic E-state index is 6.07. The van der Waals surface area contributed by atoms with E-state index in [1.807, 2.05) is 6.07 Å². The van der Waals surface area contributed by atoms with Crippen molar-refractivity contribution in [3.63, 3.8) is 0 Å². The van der Waals surface area contributed by atoms with Gasteiger partial charge in [-0.2, -0.15) is 0 Å². The highest BCUT2D eigenvalue weighted by molar-refractivity contribution is 6.33. The Hall–Kier alpha value is -0.240. The van der Waals surface area contributed by atoms with Crippen LogP contribution < -0.4 is 5.73 Å². The molecular formula is C12H17Cl2N. The first kappa shape index (κ1) is 12.8. The van der Waals surface area contributed by atoms with E-state index in [1.54, 1.807) is 12.1 Å². The van der Waals surface area contributed by atoms with Crippen molar-refractivity contribution in [1.29, 1.82) is 0 Å². The molecule has 0 saturated carbocycles. The molecule has 84 valence electrons. The van der Waals surface area contributed by atoms with Crippen LogP contribution in [0.4, 0.5) is 0 Å². The minimum Gasteiger partial charge on any atom is -0.324 e. The zero-order chi connectivity index (χ0) is 11.4. The highest BCUT2D eigenvalue weighted by atomic mass is 35.5. The molecule has 0 unspecified atom stereocenters. The van der Waals surface area contributed by atoms with Crippen molar-refractivity contribution < 1.29 is 0 Å². The van der Waals surface area contributed by atoms with E-state index in [2.05, 4.69) is 13.8 Å². The van der Waals surface area contributed by atoms with E-state index < -0.39 is 0 Å². The first-order chi connectivity index (χ1) is 7.00. The first-order valence-corrected chi connectivity index (χ1v) is 5.97. The second-order valence-electron chi connectivity index (χ2n) is 4.24. The van der Waals surface area contributed by atoms with Gasteiger partial charge in [0.15, 0.2) is 0 Å². The molecule has 0 aliphatic carbocycles. The van der Waals surface area contributed by atoms with Gasteiger partial charge in [-0.25, -0.2) is 0 Å². The summed E-state index contributed by atoms with van der Waals surface area (Å²) in [5.74, 6) is 0.661. The normalized spacial score (nSPS) is 13.2. The van der Waals surface area contributed by atoms with Gasteiger partial charge in [-0.15, -0.1) is 0 Å². The topological polar surface area (TPSA) is 26.0 Å². The van der Waals surface area contributed by atoms with Crippen molar-refractivity contribution >= 4 is 23.2 Å². The molecule has 0 bridgehead atoms. The van der Waals surface area contributed by atoms with Crippen molar-refractivity contribution in [2.24, 2.45) is 11.7 Å². The van der Waals surface area contributed by atoms with Gasteiger partial charge in [-0.1, -0.05) is 37.0 Å². The Morgan fingerprint density at radius 2 is 1.87 bits per heavy atom. The second-order valence-corrected chi connectivity index (χ2v) is 5.09. The van der Waals surface area contributed by atoms with Gasteiger partial charge in [0.1, 0.15) is 0 Å². The van der Waals surface area contributed by atoms with Gasteiger partial charge in [0.2, 0.25) is 0 Å². The molecule has 0 fully saturated rings. The summed E-state index contributed by atoms with van der Waals surface area (Å²) >= 11 is 12.0. The Labute approximate surface area is 102 Å². The van der Waals surface area contributed by atoms with Crippen molar-refractivity contribution in [2.75, 3.05) is 0 Å². The Bertz CT molecular complexity index is 323. The van der Waals surface area contributed by atoms with Crippen molar-refractivity contribution in [3.05, 3.63) is 33.8 Å². The number of halogens is 2. The number of benzene rings is 1. The lowest BCUT2D eigenvalue weighted by molar-refractivity contribution is 0.507. The van der Waals surface area contributed by atoms with E-state index in [0.717, 1.165) is 18.4 Å². The lowest BCUT2D eigenvalue weighted by Crippen LogP contribution is -2.11. The van der Waals surface area contributed by atoms with E-state index in [1.165, 1.54) is 0 Å². The Morgan fingerprint density at radius 3 is 2.47 bits per heavy atom. The molecule has 0 aliphatic rings. The minimum atomic E-state index is -0.0152. The van der Waals surface area contributed by atoms with Crippen LogP contribution in [0.15, 0.2) is 18.2 Å². The Balaban J connectivity index is 2.72. The third kappa shape index (κ3) is 4.02. The Kier molecular flexibility index (Phi) is 4.91. The van der Waals surface area contributed by atoms with Crippen LogP contribution in [0.5, 0.6) is 0 Å². The van der Waals surface area contributed by atoms with Crippen LogP contribution in [-0.4, -0.2) is 0 Å². The van der Waals surface area contributed by atoms with Crippen LogP contribution in [0.2, 0.25) is 10.0 Å². The predicted octanol–water partition coefficient (Wildman–Crippen LogP) is 4.43. The maximum Gasteiger partial charge on any atom is 0.0454 e. The minimum absolute atomic E-state index is 0.0152. The molecule has 0 aromatic heterocycles. The summed E-state index contributed by atoms with van der Waals surface area (Å²) in [7, 11) is 0. The zero-order valence-electron chi connectivity index (χ0n) is 9.13. The molecule has 0 aliphatic heterocycles. The third-order valence-electron chi connectivity index (χ3n) is 2.41. The highest BCUT2D eigenvalue weighted by Crippen LogP contribution is 2.28. The summed E-state index contributed by atoms with van der Waals surface area (Å²) in [4.78, 5) is 0. The lowest BCUT2D eigenvalue weighted by atomic mass is 9.98. The summed E-state index contributed by atoms with van der Waals surface area (Å²) in [5, 5.41) is 1.39. The van der Waals surface area contributed by atoms with Gasteiger partial charge in [-0.3, -0.25) is 0 Å². The predicted molar refractivity (Wildman–Crippen MR) is 67.5 cm³/mol. The van der Waals surface area contributed by atoms with E-state index in [4.69, 9.17) is 28.9 Å². The largest absolute Gasteiger partial charge is 0.324 e. The summed E-state index contributed by atoms with van der Waals surface area (Å²) in [6.07, 6.45) is 2.04. The summed E-state index contributed by atoms with van der Waals surface area (Å²) in [5.41, 5.74) is 7.02. The van der Waals surface area contributed by atoms with Gasteiger partial charge >= 0.3 is 0 Å². The lowest BCUT2D eigenvalue weighted by Gasteiger charge is -2.15. The molecule has 1 atom stereocenters. The van der Waals surface area contributed by atoms with Gasteiger partial charge in [0.25, 0.3) is 0 Å². The molecule has 1 nitrogen and oxygen atoms in total. The van der Waals surface area contributed by atoms with Crippen LogP contribution in [-0.2, 0) is 0 Å². The summed E-state index contributed by atoms with van der Waals surface area (Å²) in [6.45, 7) is 4.37. The van der Waals surface area contributed by atoms with Gasteiger partial charge in [-0.05, 0) is 42.5 Å². The molecular weight excluding hydrogens is 229 g/mol. The standard InChI is InChI=1S/C12H17Cl2N/c1-8(2)3-6-12(15)10-7-9(13)4-5-11(10)14/h4-5,7-8,12H,3,6,15H2,1-2H3/t12-/m0/s1. The SMILES string of the molecule is CC(C)CC[C@H](N)c1cc(Cl)ccc1Cl. The summed E-state index contributed by atoms with van der Waals surface area (Å²) in [6, 6.07) is 5.42. The van der Waals surface area contributed by atoms with Crippen molar-refractivity contribution in [1.82, 2.24) is 0 Å². The second kappa shape index (κ2) is 5.74. The van der Waals surface area contributed by atoms with Crippen molar-refractivity contribution in [3.8, 4) is 0 Å². The van der Waals surface area contributed by atoms with Gasteiger partial charge < -0.3 is 5.73 Å². The van der Waals surface area contributed by atoms with E-state index in [0.29, 0.717) is 16.0 Å². The van der Waals surface area contributed by atoms with Crippen LogP contribution in [0, 0.1) is 5.92 Å². The fourth-order valence-electron chi connectivity index (χ4n) is 1.47. The van der Waals surface area contributed by atoms with Crippen LogP contribution in [0.25, 0.3) is 0 Å². The van der Waals surface area contributed by atoms with Crippen LogP contribution in [0.1, 0.15) is 38.3 Å². The first-order valence-electron chi connectivity index (χ1n) is 5.21. The molecule has 0 saturated heterocycles. The Morgan fingerprint density at radius 1 is 1.20 bits per heavy atom. The number of nitrogens with two attached hydrogens (primary N) is 1. The molecule has 0 amide bonds. The molecule has 1 aromatic carbocycles. The van der Waals surface area contributed by atoms with Gasteiger partial charge in [0, 0.05) is 16.1 Å². The molecule has 2 N–H and O–H groups in total. The summed E-state index contributed by atoms with van der Waals surface area (Å²) < 4.78 is 0. The number of hydrogen-bond donors (Lipinski definition) is 1. The zero-order valence-corrected chi connectivity index (χ0v) is 10.6. The van der Waals surface area contributed by atoms with E-state index in [9.17, 15) is 0 Å². The smallest absolute Gasteiger partial charge is 0.0454 e. The van der Waals surface area contributed by atoms with Gasteiger partial charge in [0.05, 0.1) is 0 Å². The molecule has 3 heteroatoms. The average Bonchev–Trinajstić information content (AvgIpc) is 2.18. The number of rotatable bonds is 4. The third-order valence-corrected chi connectivity index (χ3v) is 2.99. The van der Waals surface area contributed by atoms with E-state index >= 15 is 0 Å². The average molecular weight is 246 g/mol. The molecule has 15 heavy (non-hydrogen) atoms. The van der Waals surface area contributed by atoms with Crippen LogP contribution in [0.3, 0.4) is 0 Å². The molecule has 0 radical (unpaired) electrons. The van der Waals surface area contributed by atoms with Crippen LogP contribution >= 0.6 is 23.2 Å². The molecule has 1 rings (SSSR count). The molecule has 0 heterocycles. The fourth-order valence-corrected chi connectivity index (χ4v) is 1.91. The maximum atomic E-state index is 6.07. The highest BCUT2D eigenvalue weighted by Gasteiger charge is 2.11. The fraction of sp³-hybridized carbons (Fsp3) is 0.500. The monoisotopic (exact) mass is 245 g/mol.